The van der Waals surface area contributed by atoms with E-state index in [0.29, 0.717) is 0 Å². The van der Waals surface area contributed by atoms with E-state index in [-0.39, 0.29) is 11.9 Å². The highest BCUT2D eigenvalue weighted by Gasteiger charge is 2.24. The highest BCUT2D eigenvalue weighted by molar-refractivity contribution is 5.91. The molecule has 0 spiro atoms. The molecular weight excluding hydrogens is 148 g/mol. The van der Waals surface area contributed by atoms with Crippen LogP contribution in [0.4, 0.5) is 0 Å². The first-order chi connectivity index (χ1) is 5.09. The summed E-state index contributed by atoms with van der Waals surface area (Å²) < 4.78 is 9.21. The Balaban J connectivity index is 2.64. The van der Waals surface area contributed by atoms with Gasteiger partial charge in [-0.2, -0.15) is 0 Å². The van der Waals surface area contributed by atoms with E-state index in [0.717, 1.165) is 0 Å². The summed E-state index contributed by atoms with van der Waals surface area (Å²) in [6.07, 6.45) is 1.17. The summed E-state index contributed by atoms with van der Waals surface area (Å²) in [6.45, 7) is 2.92. The maximum Gasteiger partial charge on any atom is 0.374 e. The number of ether oxygens (including phenoxy) is 2. The van der Waals surface area contributed by atoms with Gasteiger partial charge in [-0.1, -0.05) is 0 Å². The molecule has 0 N–H and O–H groups in total. The van der Waals surface area contributed by atoms with Crippen LogP contribution in [0, 0.1) is 0 Å². The highest BCUT2D eigenvalue weighted by atomic mass is 16.6. The average Bonchev–Trinajstić information content (AvgIpc) is 2.09. The number of carbonyl (C=O) groups is 2. The maximum absolute atomic E-state index is 10.8. The smallest absolute Gasteiger partial charge is 0.374 e. The zero-order valence-corrected chi connectivity index (χ0v) is 6.29. The first-order valence-electron chi connectivity index (χ1n) is 3.21. The molecule has 0 aromatic rings. The Bertz CT molecular complexity index is 229. The monoisotopic (exact) mass is 156 g/mol. The third-order valence-corrected chi connectivity index (χ3v) is 1.13. The van der Waals surface area contributed by atoms with Gasteiger partial charge in [-0.05, 0) is 6.92 Å². The number of cyclic esters (lactones) is 1. The average molecular weight is 156 g/mol. The van der Waals surface area contributed by atoms with Crippen molar-refractivity contribution in [2.75, 3.05) is 0 Å². The third kappa shape index (κ3) is 1.80. The molecule has 11 heavy (non-hydrogen) atoms. The molecule has 60 valence electrons. The summed E-state index contributed by atoms with van der Waals surface area (Å²) in [7, 11) is 0. The molecule has 1 rings (SSSR count). The molecule has 0 fully saturated rings. The largest absolute Gasteiger partial charge is 0.452 e. The van der Waals surface area contributed by atoms with Crippen molar-refractivity contribution in [2.45, 2.75) is 20.0 Å². The van der Waals surface area contributed by atoms with Crippen LogP contribution in [0.15, 0.2) is 11.8 Å². The van der Waals surface area contributed by atoms with Crippen LogP contribution in [0.2, 0.25) is 0 Å². The van der Waals surface area contributed by atoms with Crippen LogP contribution in [0.3, 0.4) is 0 Å². The Morgan fingerprint density at radius 1 is 1.73 bits per heavy atom. The van der Waals surface area contributed by atoms with Crippen molar-refractivity contribution in [2.24, 2.45) is 0 Å². The predicted molar refractivity (Wildman–Crippen MR) is 35.4 cm³/mol. The van der Waals surface area contributed by atoms with Gasteiger partial charge in [-0.3, -0.25) is 4.79 Å². The summed E-state index contributed by atoms with van der Waals surface area (Å²) in [5.74, 6) is -1.10. The van der Waals surface area contributed by atoms with Crippen molar-refractivity contribution in [3.05, 3.63) is 11.8 Å². The first kappa shape index (κ1) is 7.78. The maximum atomic E-state index is 10.8. The normalized spacial score (nSPS) is 22.5. The van der Waals surface area contributed by atoms with Gasteiger partial charge in [0, 0.05) is 13.0 Å². The first-order valence-corrected chi connectivity index (χ1v) is 3.21. The van der Waals surface area contributed by atoms with E-state index < -0.39 is 11.9 Å². The Morgan fingerprint density at radius 3 is 2.73 bits per heavy atom. The second-order valence-corrected chi connectivity index (χ2v) is 2.23. The number of hydrogen-bond donors (Lipinski definition) is 0. The predicted octanol–water partition coefficient (Wildman–Crippen LogP) is 0.379. The molecule has 0 saturated carbocycles. The van der Waals surface area contributed by atoms with Crippen LogP contribution >= 0.6 is 0 Å². The van der Waals surface area contributed by atoms with Gasteiger partial charge in [-0.15, -0.1) is 0 Å². The van der Waals surface area contributed by atoms with Crippen molar-refractivity contribution in [1.82, 2.24) is 0 Å². The van der Waals surface area contributed by atoms with Gasteiger partial charge in [0.05, 0.1) is 0 Å². The van der Waals surface area contributed by atoms with Gasteiger partial charge >= 0.3 is 11.9 Å². The molecule has 4 heteroatoms. The van der Waals surface area contributed by atoms with Gasteiger partial charge in [0.15, 0.2) is 0 Å². The number of rotatable bonds is 1. The minimum atomic E-state index is -0.576. The molecule has 1 atom stereocenters. The number of esters is 2. The second-order valence-electron chi connectivity index (χ2n) is 2.23. The van der Waals surface area contributed by atoms with Gasteiger partial charge < -0.3 is 9.47 Å². The minimum absolute atomic E-state index is 0.00926. The molecule has 0 amide bonds. The van der Waals surface area contributed by atoms with Crippen molar-refractivity contribution in [1.29, 1.82) is 0 Å². The molecule has 0 aliphatic carbocycles. The lowest BCUT2D eigenvalue weighted by molar-refractivity contribution is -0.148. The summed E-state index contributed by atoms with van der Waals surface area (Å²) in [5.41, 5.74) is 0. The highest BCUT2D eigenvalue weighted by Crippen LogP contribution is 2.13. The van der Waals surface area contributed by atoms with E-state index in [4.69, 9.17) is 0 Å². The van der Waals surface area contributed by atoms with Crippen molar-refractivity contribution >= 4 is 11.9 Å². The fourth-order valence-corrected chi connectivity index (χ4v) is 0.773. The second kappa shape index (κ2) is 2.74. The Kier molecular flexibility index (Phi) is 1.94. The Morgan fingerprint density at radius 2 is 2.36 bits per heavy atom. The fourth-order valence-electron chi connectivity index (χ4n) is 0.773. The lowest BCUT2D eigenvalue weighted by Gasteiger charge is -1.98. The molecule has 0 radical (unpaired) electrons. The lowest BCUT2D eigenvalue weighted by atomic mass is 10.4. The minimum Gasteiger partial charge on any atom is -0.452 e. The van der Waals surface area contributed by atoms with Crippen LogP contribution < -0.4 is 0 Å². The molecule has 1 unspecified atom stereocenters. The molecule has 1 heterocycles. The third-order valence-electron chi connectivity index (χ3n) is 1.13. The zero-order chi connectivity index (χ0) is 8.43. The molecule has 0 saturated heterocycles. The zero-order valence-electron chi connectivity index (χ0n) is 6.29. The van der Waals surface area contributed by atoms with E-state index >= 15 is 0 Å². The van der Waals surface area contributed by atoms with Crippen LogP contribution in [0.1, 0.15) is 13.8 Å². The van der Waals surface area contributed by atoms with Crippen LogP contribution in [-0.4, -0.2) is 18.0 Å². The lowest BCUT2D eigenvalue weighted by Crippen LogP contribution is -2.07. The van der Waals surface area contributed by atoms with Crippen molar-refractivity contribution in [3.8, 4) is 0 Å². The molecule has 0 aromatic carbocycles. The van der Waals surface area contributed by atoms with Crippen molar-refractivity contribution < 1.29 is 19.1 Å². The van der Waals surface area contributed by atoms with Gasteiger partial charge in [0.2, 0.25) is 5.76 Å². The van der Waals surface area contributed by atoms with E-state index in [1.165, 1.54) is 13.0 Å². The molecular formula is C7H8O4. The molecule has 0 bridgehead atoms. The SMILES string of the molecule is CC(=O)OC1=CC(C)OC1=O. The topological polar surface area (TPSA) is 52.6 Å². The standard InChI is InChI=1S/C7H8O4/c1-4-3-6(7(9)10-4)11-5(2)8/h3-4H,1-2H3. The summed E-state index contributed by atoms with van der Waals surface area (Å²) in [4.78, 5) is 21.1. The Hall–Kier alpha value is -1.32. The number of carbonyl (C=O) groups excluding carboxylic acids is 2. The van der Waals surface area contributed by atoms with Gasteiger partial charge in [-0.25, -0.2) is 4.79 Å². The van der Waals surface area contributed by atoms with E-state index in [9.17, 15) is 9.59 Å². The van der Waals surface area contributed by atoms with E-state index in [1.807, 2.05) is 0 Å². The van der Waals surface area contributed by atoms with Gasteiger partial charge in [0.25, 0.3) is 0 Å². The van der Waals surface area contributed by atoms with Crippen LogP contribution in [0.5, 0.6) is 0 Å². The van der Waals surface area contributed by atoms with Crippen LogP contribution in [-0.2, 0) is 19.1 Å². The van der Waals surface area contributed by atoms with E-state index in [2.05, 4.69) is 9.47 Å². The molecule has 1 aliphatic heterocycles. The summed E-state index contributed by atoms with van der Waals surface area (Å²) >= 11 is 0. The fraction of sp³-hybridized carbons (Fsp3) is 0.429. The van der Waals surface area contributed by atoms with Crippen LogP contribution in [0.25, 0.3) is 0 Å². The Labute approximate surface area is 63.8 Å². The number of hydrogen-bond acceptors (Lipinski definition) is 4. The van der Waals surface area contributed by atoms with Crippen molar-refractivity contribution in [3.63, 3.8) is 0 Å². The summed E-state index contributed by atoms with van der Waals surface area (Å²) in [6, 6.07) is 0. The molecule has 4 nitrogen and oxygen atoms in total. The molecule has 1 aliphatic rings. The quantitative estimate of drug-likeness (QED) is 0.515. The molecule has 0 aromatic heterocycles. The van der Waals surface area contributed by atoms with Gasteiger partial charge in [0.1, 0.15) is 6.10 Å². The summed E-state index contributed by atoms with van der Waals surface area (Å²) in [5, 5.41) is 0. The van der Waals surface area contributed by atoms with E-state index in [1.54, 1.807) is 6.92 Å².